The predicted octanol–water partition coefficient (Wildman–Crippen LogP) is 3.38. The van der Waals surface area contributed by atoms with Crippen LogP contribution in [0.2, 0.25) is 0 Å². The van der Waals surface area contributed by atoms with E-state index in [2.05, 4.69) is 22.2 Å². The summed E-state index contributed by atoms with van der Waals surface area (Å²) in [6.45, 7) is 6.36. The molecule has 1 N–H and O–H groups in total. The Hall–Kier alpha value is -3.16. The molecule has 8 heteroatoms. The zero-order valence-corrected chi connectivity index (χ0v) is 16.1. The number of aromatic nitrogens is 2. The van der Waals surface area contributed by atoms with E-state index in [0.29, 0.717) is 30.4 Å². The van der Waals surface area contributed by atoms with E-state index < -0.39 is 11.6 Å². The minimum absolute atomic E-state index is 0.139. The first-order valence-corrected chi connectivity index (χ1v) is 9.35. The Kier molecular flexibility index (Phi) is 4.41. The van der Waals surface area contributed by atoms with Gasteiger partial charge in [-0.2, -0.15) is 0 Å². The number of imide groups is 1. The van der Waals surface area contributed by atoms with Crippen LogP contribution >= 0.6 is 0 Å². The zero-order valence-electron chi connectivity index (χ0n) is 16.1. The number of nitrogens with zero attached hydrogens (tertiary/aromatic N) is 3. The molecule has 0 bridgehead atoms. The van der Waals surface area contributed by atoms with E-state index >= 15 is 0 Å². The number of rotatable bonds is 4. The van der Waals surface area contributed by atoms with Gasteiger partial charge in [0, 0.05) is 5.56 Å². The molecular weight excluding hydrogens is 360 g/mol. The van der Waals surface area contributed by atoms with Crippen molar-refractivity contribution in [3.8, 4) is 17.5 Å². The maximum atomic E-state index is 12.6. The van der Waals surface area contributed by atoms with Crippen molar-refractivity contribution in [3.05, 3.63) is 36.2 Å². The highest BCUT2D eigenvalue weighted by Crippen LogP contribution is 2.41. The summed E-state index contributed by atoms with van der Waals surface area (Å²) in [4.78, 5) is 34.2. The fraction of sp³-hybridized carbons (Fsp3) is 0.400. The van der Waals surface area contributed by atoms with E-state index in [0.717, 1.165) is 22.6 Å². The lowest BCUT2D eigenvalue weighted by molar-refractivity contribution is -0.121. The monoisotopic (exact) mass is 382 g/mol. The van der Waals surface area contributed by atoms with Crippen molar-refractivity contribution in [1.29, 1.82) is 0 Å². The van der Waals surface area contributed by atoms with Gasteiger partial charge in [-0.25, -0.2) is 19.7 Å². The molecular formula is C20H22N4O4. The highest BCUT2D eigenvalue weighted by Gasteiger charge is 2.47. The third kappa shape index (κ3) is 2.94. The van der Waals surface area contributed by atoms with Crippen LogP contribution in [0.4, 0.5) is 10.5 Å². The van der Waals surface area contributed by atoms with Gasteiger partial charge in [0.05, 0.1) is 24.7 Å². The van der Waals surface area contributed by atoms with E-state index in [1.165, 1.54) is 12.4 Å². The Labute approximate surface area is 162 Å². The van der Waals surface area contributed by atoms with Crippen molar-refractivity contribution >= 4 is 17.6 Å². The Bertz CT molecular complexity index is 930. The summed E-state index contributed by atoms with van der Waals surface area (Å²) in [5.41, 5.74) is 0.388. The van der Waals surface area contributed by atoms with Crippen molar-refractivity contribution in [1.82, 2.24) is 15.3 Å². The van der Waals surface area contributed by atoms with Gasteiger partial charge in [0.2, 0.25) is 0 Å². The van der Waals surface area contributed by atoms with Gasteiger partial charge in [-0.3, -0.25) is 4.79 Å². The van der Waals surface area contributed by atoms with Crippen LogP contribution in [0.15, 0.2) is 30.6 Å². The third-order valence-electron chi connectivity index (χ3n) is 5.37. The highest BCUT2D eigenvalue weighted by atomic mass is 16.5. The van der Waals surface area contributed by atoms with Gasteiger partial charge in [-0.05, 0) is 37.8 Å². The molecule has 0 spiro atoms. The summed E-state index contributed by atoms with van der Waals surface area (Å²) in [7, 11) is 0. The molecule has 0 saturated carbocycles. The van der Waals surface area contributed by atoms with Gasteiger partial charge in [0.15, 0.2) is 0 Å². The first kappa shape index (κ1) is 18.2. The molecule has 3 heterocycles. The highest BCUT2D eigenvalue weighted by molar-refractivity contribution is 6.23. The Morgan fingerprint density at radius 2 is 2.07 bits per heavy atom. The fourth-order valence-electron chi connectivity index (χ4n) is 3.45. The smallest absolute Gasteiger partial charge is 0.329 e. The molecule has 1 fully saturated rings. The Morgan fingerprint density at radius 1 is 1.32 bits per heavy atom. The summed E-state index contributed by atoms with van der Waals surface area (Å²) >= 11 is 0. The number of hydrogen-bond donors (Lipinski definition) is 1. The van der Waals surface area contributed by atoms with Crippen LogP contribution in [0.1, 0.15) is 45.1 Å². The Balaban J connectivity index is 1.57. The minimum atomic E-state index is -0.911. The summed E-state index contributed by atoms with van der Waals surface area (Å²) in [6.07, 6.45) is 4.23. The van der Waals surface area contributed by atoms with Gasteiger partial charge in [-0.15, -0.1) is 0 Å². The topological polar surface area (TPSA) is 93.7 Å². The number of fused-ring (bicyclic) bond motifs is 1. The van der Waals surface area contributed by atoms with Crippen LogP contribution in [0.5, 0.6) is 17.5 Å². The first-order valence-electron chi connectivity index (χ1n) is 9.35. The molecule has 0 radical (unpaired) electrons. The number of carbonyl (C=O) groups excluding carboxylic acids is 2. The lowest BCUT2D eigenvalue weighted by Gasteiger charge is -2.24. The summed E-state index contributed by atoms with van der Waals surface area (Å²) in [5, 5.41) is 2.71. The van der Waals surface area contributed by atoms with Crippen LogP contribution in [-0.2, 0) is 4.79 Å². The Morgan fingerprint density at radius 3 is 2.75 bits per heavy atom. The SMILES string of the molecule is CC[C@@]1(C)NC(=O)N(c2cnc(Oc3cccc4c3C(C)CCO4)nc2)C1=O. The van der Waals surface area contributed by atoms with Crippen molar-refractivity contribution < 1.29 is 19.1 Å². The van der Waals surface area contributed by atoms with Crippen molar-refractivity contribution in [2.24, 2.45) is 0 Å². The average molecular weight is 382 g/mol. The summed E-state index contributed by atoms with van der Waals surface area (Å²) in [5.74, 6) is 1.44. The second-order valence-electron chi connectivity index (χ2n) is 7.29. The van der Waals surface area contributed by atoms with E-state index in [9.17, 15) is 9.59 Å². The van der Waals surface area contributed by atoms with Crippen LogP contribution in [0, 0.1) is 0 Å². The lowest BCUT2D eigenvalue weighted by atomic mass is 9.94. The standard InChI is InChI=1S/C20H22N4O4/c1-4-20(3)17(25)24(19(26)23-20)13-10-21-18(22-11-13)28-15-7-5-6-14-16(15)12(2)8-9-27-14/h5-7,10-12H,4,8-9H2,1-3H3,(H,23,26)/t12?,20-/m1/s1. The molecule has 28 heavy (non-hydrogen) atoms. The lowest BCUT2D eigenvalue weighted by Crippen LogP contribution is -2.43. The van der Waals surface area contributed by atoms with E-state index in [1.807, 2.05) is 25.1 Å². The van der Waals surface area contributed by atoms with Crippen LogP contribution in [-0.4, -0.2) is 34.1 Å². The molecule has 2 atom stereocenters. The van der Waals surface area contributed by atoms with Gasteiger partial charge < -0.3 is 14.8 Å². The second-order valence-corrected chi connectivity index (χ2v) is 7.29. The van der Waals surface area contributed by atoms with Gasteiger partial charge >= 0.3 is 12.0 Å². The van der Waals surface area contributed by atoms with Crippen LogP contribution in [0.3, 0.4) is 0 Å². The van der Waals surface area contributed by atoms with Gasteiger partial charge in [0.25, 0.3) is 5.91 Å². The molecule has 2 aliphatic heterocycles. The first-order chi connectivity index (χ1) is 13.4. The molecule has 1 unspecified atom stereocenters. The number of benzene rings is 1. The van der Waals surface area contributed by atoms with Gasteiger partial charge in [-0.1, -0.05) is 19.9 Å². The normalized spacial score (nSPS) is 23.8. The number of hydrogen-bond acceptors (Lipinski definition) is 6. The predicted molar refractivity (Wildman–Crippen MR) is 102 cm³/mol. The summed E-state index contributed by atoms with van der Waals surface area (Å²) < 4.78 is 11.6. The molecule has 2 aliphatic rings. The van der Waals surface area contributed by atoms with Crippen molar-refractivity contribution in [3.63, 3.8) is 0 Å². The molecule has 146 valence electrons. The zero-order chi connectivity index (χ0) is 19.9. The number of anilines is 1. The molecule has 1 aromatic heterocycles. The number of ether oxygens (including phenoxy) is 2. The molecule has 2 aromatic rings. The molecule has 4 rings (SSSR count). The molecule has 8 nitrogen and oxygen atoms in total. The maximum Gasteiger partial charge on any atom is 0.329 e. The largest absolute Gasteiger partial charge is 0.493 e. The van der Waals surface area contributed by atoms with Crippen molar-refractivity contribution in [2.45, 2.75) is 45.1 Å². The number of amides is 3. The fourth-order valence-corrected chi connectivity index (χ4v) is 3.45. The van der Waals surface area contributed by atoms with Crippen LogP contribution < -0.4 is 19.7 Å². The second kappa shape index (κ2) is 6.78. The van der Waals surface area contributed by atoms with E-state index in [4.69, 9.17) is 9.47 Å². The average Bonchev–Trinajstić information content (AvgIpc) is 2.92. The number of urea groups is 1. The molecule has 1 aromatic carbocycles. The third-order valence-corrected chi connectivity index (χ3v) is 5.37. The molecule has 3 amide bonds. The quantitative estimate of drug-likeness (QED) is 0.815. The van der Waals surface area contributed by atoms with Crippen molar-refractivity contribution in [2.75, 3.05) is 11.5 Å². The maximum absolute atomic E-state index is 12.6. The molecule has 1 saturated heterocycles. The molecule has 0 aliphatic carbocycles. The van der Waals surface area contributed by atoms with Gasteiger partial charge in [0.1, 0.15) is 17.0 Å². The number of nitrogens with one attached hydrogen (secondary N) is 1. The number of carbonyl (C=O) groups is 2. The van der Waals surface area contributed by atoms with Crippen LogP contribution in [0.25, 0.3) is 0 Å². The van der Waals surface area contributed by atoms with E-state index in [1.54, 1.807) is 6.92 Å². The van der Waals surface area contributed by atoms with E-state index in [-0.39, 0.29) is 11.9 Å². The summed E-state index contributed by atoms with van der Waals surface area (Å²) in [6, 6.07) is 5.30. The minimum Gasteiger partial charge on any atom is -0.493 e.